The Hall–Kier alpha value is -0.930. The molecule has 1 rings (SSSR count). The number of aryl methyl sites for hydroxylation is 1. The molecule has 2 atom stereocenters. The second-order valence-electron chi connectivity index (χ2n) is 6.18. The van der Waals surface area contributed by atoms with Gasteiger partial charge in [0.2, 0.25) is 0 Å². The first-order valence-electron chi connectivity index (χ1n) is 6.88. The Morgan fingerprint density at radius 3 is 2.42 bits per heavy atom. The van der Waals surface area contributed by atoms with Gasteiger partial charge in [-0.05, 0) is 48.9 Å². The van der Waals surface area contributed by atoms with Crippen molar-refractivity contribution >= 4 is 0 Å². The van der Waals surface area contributed by atoms with E-state index in [4.69, 9.17) is 10.5 Å². The molecule has 0 aliphatic heterocycles. The van der Waals surface area contributed by atoms with Gasteiger partial charge in [-0.25, -0.2) is 4.39 Å². The molecule has 0 fully saturated rings. The van der Waals surface area contributed by atoms with E-state index in [1.165, 1.54) is 6.07 Å². The molecule has 2 unspecified atom stereocenters. The SMILES string of the molecule is CCOC(C(N)Cc1ccc(F)cc1C)C(C)(C)C. The van der Waals surface area contributed by atoms with Crippen LogP contribution in [-0.2, 0) is 11.2 Å². The molecule has 3 heteroatoms. The second-order valence-corrected chi connectivity index (χ2v) is 6.18. The van der Waals surface area contributed by atoms with E-state index >= 15 is 0 Å². The molecule has 2 N–H and O–H groups in total. The van der Waals surface area contributed by atoms with E-state index in [1.54, 1.807) is 6.07 Å². The molecule has 0 saturated heterocycles. The van der Waals surface area contributed by atoms with Crippen LogP contribution in [0.4, 0.5) is 4.39 Å². The summed E-state index contributed by atoms with van der Waals surface area (Å²) in [5, 5.41) is 0. The van der Waals surface area contributed by atoms with Gasteiger partial charge in [0.05, 0.1) is 6.10 Å². The molecular weight excluding hydrogens is 241 g/mol. The summed E-state index contributed by atoms with van der Waals surface area (Å²) in [6, 6.07) is 4.76. The fourth-order valence-electron chi connectivity index (χ4n) is 2.44. The van der Waals surface area contributed by atoms with E-state index in [1.807, 2.05) is 19.9 Å². The molecule has 0 heterocycles. The number of nitrogens with two attached hydrogens (primary N) is 1. The van der Waals surface area contributed by atoms with Crippen molar-refractivity contribution < 1.29 is 9.13 Å². The lowest BCUT2D eigenvalue weighted by Crippen LogP contribution is -2.46. The number of rotatable bonds is 5. The number of benzene rings is 1. The van der Waals surface area contributed by atoms with Crippen molar-refractivity contribution in [1.82, 2.24) is 0 Å². The molecule has 0 aliphatic rings. The summed E-state index contributed by atoms with van der Waals surface area (Å²) in [7, 11) is 0. The molecule has 2 nitrogen and oxygen atoms in total. The van der Waals surface area contributed by atoms with Gasteiger partial charge in [0.15, 0.2) is 0 Å². The van der Waals surface area contributed by atoms with Gasteiger partial charge in [-0.15, -0.1) is 0 Å². The summed E-state index contributed by atoms with van der Waals surface area (Å²) in [5.41, 5.74) is 8.33. The van der Waals surface area contributed by atoms with E-state index in [0.717, 1.165) is 11.1 Å². The standard InChI is InChI=1S/C16H26FNO/c1-6-19-15(16(3,4)5)14(18)10-12-7-8-13(17)9-11(12)2/h7-9,14-15H,6,10,18H2,1-5H3. The maximum absolute atomic E-state index is 13.1. The van der Waals surface area contributed by atoms with E-state index in [9.17, 15) is 4.39 Å². The number of hydrogen-bond donors (Lipinski definition) is 1. The molecule has 0 amide bonds. The average Bonchev–Trinajstić information content (AvgIpc) is 2.28. The highest BCUT2D eigenvalue weighted by molar-refractivity contribution is 5.27. The summed E-state index contributed by atoms with van der Waals surface area (Å²) in [6.45, 7) is 10.9. The summed E-state index contributed by atoms with van der Waals surface area (Å²) in [5.74, 6) is -0.202. The Balaban J connectivity index is 2.84. The molecule has 0 saturated carbocycles. The third-order valence-corrected chi connectivity index (χ3v) is 3.35. The van der Waals surface area contributed by atoms with Gasteiger partial charge in [-0.3, -0.25) is 0 Å². The van der Waals surface area contributed by atoms with Crippen molar-refractivity contribution in [1.29, 1.82) is 0 Å². The molecule has 1 aromatic rings. The van der Waals surface area contributed by atoms with Crippen LogP contribution >= 0.6 is 0 Å². The van der Waals surface area contributed by atoms with Gasteiger partial charge < -0.3 is 10.5 Å². The van der Waals surface area contributed by atoms with Gasteiger partial charge in [-0.2, -0.15) is 0 Å². The zero-order valence-electron chi connectivity index (χ0n) is 12.7. The van der Waals surface area contributed by atoms with Crippen LogP contribution in [0.2, 0.25) is 0 Å². The van der Waals surface area contributed by atoms with Crippen molar-refractivity contribution in [2.45, 2.75) is 53.2 Å². The monoisotopic (exact) mass is 267 g/mol. The number of halogens is 1. The Morgan fingerprint density at radius 2 is 1.95 bits per heavy atom. The number of ether oxygens (including phenoxy) is 1. The van der Waals surface area contributed by atoms with Gasteiger partial charge >= 0.3 is 0 Å². The van der Waals surface area contributed by atoms with Crippen molar-refractivity contribution in [2.24, 2.45) is 11.1 Å². The molecule has 0 bridgehead atoms. The fraction of sp³-hybridized carbons (Fsp3) is 0.625. The van der Waals surface area contributed by atoms with Gasteiger partial charge in [0, 0.05) is 12.6 Å². The lowest BCUT2D eigenvalue weighted by atomic mass is 9.82. The average molecular weight is 267 g/mol. The first kappa shape index (κ1) is 16.1. The minimum absolute atomic E-state index is 0.0106. The first-order chi connectivity index (χ1) is 8.75. The minimum atomic E-state index is -0.202. The maximum atomic E-state index is 13.1. The van der Waals surface area contributed by atoms with Crippen LogP contribution < -0.4 is 5.73 Å². The Labute approximate surface area is 116 Å². The third kappa shape index (κ3) is 4.59. The van der Waals surface area contributed by atoms with Crippen molar-refractivity contribution in [3.05, 3.63) is 35.1 Å². The lowest BCUT2D eigenvalue weighted by Gasteiger charge is -2.35. The van der Waals surface area contributed by atoms with Crippen LogP contribution in [0.1, 0.15) is 38.8 Å². The largest absolute Gasteiger partial charge is 0.376 e. The second kappa shape index (κ2) is 6.49. The van der Waals surface area contributed by atoms with Crippen LogP contribution in [0.5, 0.6) is 0 Å². The molecule has 0 aliphatic carbocycles. The van der Waals surface area contributed by atoms with Crippen LogP contribution in [-0.4, -0.2) is 18.8 Å². The Kier molecular flexibility index (Phi) is 5.50. The van der Waals surface area contributed by atoms with E-state index in [2.05, 4.69) is 20.8 Å². The molecule has 0 aromatic heterocycles. The summed E-state index contributed by atoms with van der Waals surface area (Å²) in [6.07, 6.45) is 0.690. The quantitative estimate of drug-likeness (QED) is 0.886. The summed E-state index contributed by atoms with van der Waals surface area (Å²) in [4.78, 5) is 0. The van der Waals surface area contributed by atoms with E-state index < -0.39 is 0 Å². The van der Waals surface area contributed by atoms with Crippen LogP contribution in [0.25, 0.3) is 0 Å². The zero-order chi connectivity index (χ0) is 14.6. The fourth-order valence-corrected chi connectivity index (χ4v) is 2.44. The lowest BCUT2D eigenvalue weighted by molar-refractivity contribution is -0.0274. The third-order valence-electron chi connectivity index (χ3n) is 3.35. The van der Waals surface area contributed by atoms with Crippen LogP contribution in [0.15, 0.2) is 18.2 Å². The first-order valence-corrected chi connectivity index (χ1v) is 6.88. The van der Waals surface area contributed by atoms with Crippen LogP contribution in [0.3, 0.4) is 0 Å². The molecule has 19 heavy (non-hydrogen) atoms. The van der Waals surface area contributed by atoms with E-state index in [0.29, 0.717) is 13.0 Å². The van der Waals surface area contributed by atoms with Crippen molar-refractivity contribution in [3.8, 4) is 0 Å². The highest BCUT2D eigenvalue weighted by atomic mass is 19.1. The minimum Gasteiger partial charge on any atom is -0.376 e. The maximum Gasteiger partial charge on any atom is 0.123 e. The highest BCUT2D eigenvalue weighted by Crippen LogP contribution is 2.26. The molecule has 1 aromatic carbocycles. The smallest absolute Gasteiger partial charge is 0.123 e. The zero-order valence-corrected chi connectivity index (χ0v) is 12.7. The summed E-state index contributed by atoms with van der Waals surface area (Å²) >= 11 is 0. The van der Waals surface area contributed by atoms with Gasteiger partial charge in [-0.1, -0.05) is 26.8 Å². The van der Waals surface area contributed by atoms with Crippen LogP contribution in [0, 0.1) is 18.2 Å². The summed E-state index contributed by atoms with van der Waals surface area (Å²) < 4.78 is 18.9. The molecule has 108 valence electrons. The molecule has 0 radical (unpaired) electrons. The predicted octanol–water partition coefficient (Wildman–Crippen LogP) is 3.46. The Bertz CT molecular complexity index is 412. The van der Waals surface area contributed by atoms with Gasteiger partial charge in [0.25, 0.3) is 0 Å². The Morgan fingerprint density at radius 1 is 1.32 bits per heavy atom. The molecular formula is C16H26FNO. The van der Waals surface area contributed by atoms with Crippen molar-refractivity contribution in [3.63, 3.8) is 0 Å². The molecule has 0 spiro atoms. The van der Waals surface area contributed by atoms with E-state index in [-0.39, 0.29) is 23.4 Å². The van der Waals surface area contributed by atoms with Crippen molar-refractivity contribution in [2.75, 3.05) is 6.61 Å². The number of hydrogen-bond acceptors (Lipinski definition) is 2. The highest BCUT2D eigenvalue weighted by Gasteiger charge is 2.31. The predicted molar refractivity (Wildman–Crippen MR) is 77.7 cm³/mol. The topological polar surface area (TPSA) is 35.2 Å². The van der Waals surface area contributed by atoms with Gasteiger partial charge in [0.1, 0.15) is 5.82 Å². The normalized spacial score (nSPS) is 15.3.